The number of piperidine rings is 1. The van der Waals surface area contributed by atoms with E-state index in [0.717, 1.165) is 69.3 Å². The van der Waals surface area contributed by atoms with E-state index in [4.69, 9.17) is 0 Å². The largest absolute Gasteiger partial charge is 0.356 e. The molecule has 2 fully saturated rings. The lowest BCUT2D eigenvalue weighted by atomic mass is 9.85. The molecule has 2 N–H and O–H groups in total. The van der Waals surface area contributed by atoms with Crippen LogP contribution in [0.3, 0.4) is 0 Å². The Labute approximate surface area is 235 Å². The lowest BCUT2D eigenvalue weighted by Gasteiger charge is -2.29. The summed E-state index contributed by atoms with van der Waals surface area (Å²) in [5.41, 5.74) is 4.06. The predicted molar refractivity (Wildman–Crippen MR) is 155 cm³/mol. The monoisotopic (exact) mass is 547 g/mol. The minimum absolute atomic E-state index is 0.0186. The number of aromatic amines is 1. The number of nitrogens with zero attached hydrogens (tertiary/aromatic N) is 3. The molecule has 1 aliphatic heterocycles. The van der Waals surface area contributed by atoms with Crippen molar-refractivity contribution in [3.63, 3.8) is 0 Å². The number of carbonyl (C=O) groups is 2. The zero-order chi connectivity index (χ0) is 28.1. The number of carbonyl (C=O) groups excluding carboxylic acids is 2. The summed E-state index contributed by atoms with van der Waals surface area (Å²) in [5.74, 6) is -0.0576. The van der Waals surface area contributed by atoms with Gasteiger partial charge in [0.05, 0.1) is 11.0 Å². The van der Waals surface area contributed by atoms with Gasteiger partial charge in [-0.1, -0.05) is 26.3 Å². The molecule has 214 valence electrons. The first-order chi connectivity index (χ1) is 19.4. The number of fused-ring (bicyclic) bond motifs is 1. The third kappa shape index (κ3) is 6.89. The van der Waals surface area contributed by atoms with Gasteiger partial charge in [-0.15, -0.1) is 0 Å². The second-order valence-corrected chi connectivity index (χ2v) is 11.9. The van der Waals surface area contributed by atoms with Crippen molar-refractivity contribution in [3.8, 4) is 0 Å². The molecule has 1 aliphatic carbocycles. The molecule has 2 aromatic carbocycles. The van der Waals surface area contributed by atoms with E-state index < -0.39 is 5.91 Å². The molecule has 2 aliphatic rings. The molecule has 3 aromatic rings. The Bertz CT molecular complexity index is 1380. The molecule has 0 radical (unpaired) electrons. The van der Waals surface area contributed by atoms with E-state index in [9.17, 15) is 14.0 Å². The van der Waals surface area contributed by atoms with E-state index in [2.05, 4.69) is 56.8 Å². The molecule has 1 saturated carbocycles. The normalized spacial score (nSPS) is 20.8. The number of rotatable bonds is 8. The van der Waals surface area contributed by atoms with Crippen molar-refractivity contribution >= 4 is 22.8 Å². The van der Waals surface area contributed by atoms with Crippen LogP contribution in [0.2, 0.25) is 0 Å². The number of H-pyrrole nitrogens is 1. The average molecular weight is 548 g/mol. The zero-order valence-corrected chi connectivity index (χ0v) is 23.8. The van der Waals surface area contributed by atoms with Crippen LogP contribution in [-0.4, -0.2) is 45.9 Å². The first kappa shape index (κ1) is 28.3. The van der Waals surface area contributed by atoms with Crippen LogP contribution in [0.4, 0.5) is 4.39 Å². The summed E-state index contributed by atoms with van der Waals surface area (Å²) in [6.07, 6.45) is 8.06. The van der Waals surface area contributed by atoms with Crippen molar-refractivity contribution in [1.29, 1.82) is 0 Å². The van der Waals surface area contributed by atoms with Gasteiger partial charge in [-0.05, 0) is 106 Å². The summed E-state index contributed by atoms with van der Waals surface area (Å²) < 4.78 is 15.6. The second kappa shape index (κ2) is 12.9. The van der Waals surface area contributed by atoms with Crippen LogP contribution in [0.5, 0.6) is 0 Å². The molecule has 2 amide bonds. The highest BCUT2D eigenvalue weighted by Crippen LogP contribution is 2.33. The average Bonchev–Trinajstić information content (AvgIpc) is 3.30. The quantitative estimate of drug-likeness (QED) is 0.378. The highest BCUT2D eigenvalue weighted by atomic mass is 19.1. The van der Waals surface area contributed by atoms with Crippen molar-refractivity contribution in [1.82, 2.24) is 19.8 Å². The van der Waals surface area contributed by atoms with E-state index in [-0.39, 0.29) is 23.7 Å². The van der Waals surface area contributed by atoms with Gasteiger partial charge in [0.2, 0.25) is 11.5 Å². The molecule has 2 heterocycles. The van der Waals surface area contributed by atoms with Gasteiger partial charge in [-0.3, -0.25) is 14.5 Å². The maximum Gasteiger partial charge on any atom is 0.280 e. The Morgan fingerprint density at radius 1 is 1.02 bits per heavy atom. The number of halogens is 1. The first-order valence-electron chi connectivity index (χ1n) is 14.9. The summed E-state index contributed by atoms with van der Waals surface area (Å²) in [6, 6.07) is 12.1. The minimum atomic E-state index is -0.410. The Kier molecular flexibility index (Phi) is 9.15. The van der Waals surface area contributed by atoms with Crippen molar-refractivity contribution < 1.29 is 14.0 Å². The maximum atomic E-state index is 13.4. The molecular weight excluding hydrogens is 505 g/mol. The van der Waals surface area contributed by atoms with Gasteiger partial charge in [-0.2, -0.15) is 4.99 Å². The lowest BCUT2D eigenvalue weighted by Crippen LogP contribution is -2.35. The van der Waals surface area contributed by atoms with E-state index >= 15 is 0 Å². The van der Waals surface area contributed by atoms with Crippen LogP contribution < -0.4 is 10.9 Å². The summed E-state index contributed by atoms with van der Waals surface area (Å²) in [7, 11) is 0. The Hall–Kier alpha value is -3.26. The van der Waals surface area contributed by atoms with Gasteiger partial charge in [0, 0.05) is 30.6 Å². The predicted octanol–water partition coefficient (Wildman–Crippen LogP) is 5.73. The SMILES string of the molecule is CC(C)CCNC(=O)C1CCC(n2/c(=N\C(=O)c3ccc(F)cc3)[nH]c3ccc(CN4CCCCC4)cc32)CC1. The number of hydrogen-bond donors (Lipinski definition) is 2. The molecule has 5 rings (SSSR count). The van der Waals surface area contributed by atoms with Gasteiger partial charge >= 0.3 is 0 Å². The Morgan fingerprint density at radius 3 is 2.45 bits per heavy atom. The highest BCUT2D eigenvalue weighted by molar-refractivity contribution is 5.95. The number of aromatic nitrogens is 2. The fraction of sp³-hybridized carbons (Fsp3) is 0.531. The van der Waals surface area contributed by atoms with Gasteiger partial charge in [0.25, 0.3) is 5.91 Å². The molecule has 0 unspecified atom stereocenters. The molecule has 0 atom stereocenters. The second-order valence-electron chi connectivity index (χ2n) is 11.9. The smallest absolute Gasteiger partial charge is 0.280 e. The van der Waals surface area contributed by atoms with Gasteiger partial charge < -0.3 is 14.9 Å². The maximum absolute atomic E-state index is 13.4. The van der Waals surface area contributed by atoms with Crippen molar-refractivity contribution in [3.05, 3.63) is 65.0 Å². The molecule has 40 heavy (non-hydrogen) atoms. The number of amides is 2. The number of imidazole rings is 1. The van der Waals surface area contributed by atoms with Crippen LogP contribution >= 0.6 is 0 Å². The summed E-state index contributed by atoms with van der Waals surface area (Å²) in [6.45, 7) is 8.21. The molecule has 0 bridgehead atoms. The number of hydrogen-bond acceptors (Lipinski definition) is 3. The van der Waals surface area contributed by atoms with Crippen LogP contribution in [-0.2, 0) is 11.3 Å². The van der Waals surface area contributed by atoms with E-state index in [1.54, 1.807) is 0 Å². The van der Waals surface area contributed by atoms with Crippen LogP contribution in [0, 0.1) is 17.7 Å². The molecule has 8 heteroatoms. The first-order valence-corrected chi connectivity index (χ1v) is 14.9. The highest BCUT2D eigenvalue weighted by Gasteiger charge is 2.29. The molecule has 7 nitrogen and oxygen atoms in total. The van der Waals surface area contributed by atoms with Crippen LogP contribution in [0.1, 0.15) is 87.2 Å². The lowest BCUT2D eigenvalue weighted by molar-refractivity contribution is -0.126. The summed E-state index contributed by atoms with van der Waals surface area (Å²) in [4.78, 5) is 36.2. The minimum Gasteiger partial charge on any atom is -0.356 e. The third-order valence-corrected chi connectivity index (χ3v) is 8.40. The standard InChI is InChI=1S/C32H42FN5O2/c1-22(2)16-17-34-30(39)24-9-13-27(14-10-24)38-29-20-23(21-37-18-4-3-5-19-37)6-15-28(29)35-32(38)36-31(40)25-7-11-26(33)12-8-25/h6-8,11-12,15,20,22,24,27H,3-5,9-10,13-14,16-19,21H2,1-2H3,(H,34,39)(H,35,36,40). The van der Waals surface area contributed by atoms with E-state index in [1.165, 1.54) is 49.1 Å². The number of benzene rings is 2. The van der Waals surface area contributed by atoms with Crippen molar-refractivity contribution in [2.24, 2.45) is 16.8 Å². The molecule has 1 saturated heterocycles. The number of nitrogens with one attached hydrogen (secondary N) is 2. The summed E-state index contributed by atoms with van der Waals surface area (Å²) >= 11 is 0. The topological polar surface area (TPSA) is 82.5 Å². The third-order valence-electron chi connectivity index (χ3n) is 8.40. The Balaban J connectivity index is 1.42. The van der Waals surface area contributed by atoms with Crippen molar-refractivity contribution in [2.75, 3.05) is 19.6 Å². The Morgan fingerprint density at radius 2 is 1.75 bits per heavy atom. The molecular formula is C32H42FN5O2. The zero-order valence-electron chi connectivity index (χ0n) is 23.8. The number of likely N-dealkylation sites (tertiary alicyclic amines) is 1. The van der Waals surface area contributed by atoms with Gasteiger partial charge in [0.15, 0.2) is 0 Å². The van der Waals surface area contributed by atoms with Crippen molar-refractivity contribution in [2.45, 2.75) is 77.8 Å². The van der Waals surface area contributed by atoms with Gasteiger partial charge in [0.1, 0.15) is 5.82 Å². The molecule has 1 aromatic heterocycles. The fourth-order valence-corrected chi connectivity index (χ4v) is 6.08. The van der Waals surface area contributed by atoms with Crippen LogP contribution in [0.15, 0.2) is 47.5 Å². The van der Waals surface area contributed by atoms with Crippen LogP contribution in [0.25, 0.3) is 11.0 Å². The molecule has 0 spiro atoms. The van der Waals surface area contributed by atoms with Gasteiger partial charge in [-0.25, -0.2) is 4.39 Å². The van der Waals surface area contributed by atoms with E-state index in [1.807, 2.05) is 0 Å². The van der Waals surface area contributed by atoms with E-state index in [0.29, 0.717) is 17.1 Å². The fourth-order valence-electron chi connectivity index (χ4n) is 6.08. The summed E-state index contributed by atoms with van der Waals surface area (Å²) in [5, 5.41) is 3.12.